The molecule has 2 aromatic rings. The van der Waals surface area contributed by atoms with Gasteiger partial charge in [-0.2, -0.15) is 4.31 Å². The number of sulfonamides is 1. The Hall–Kier alpha value is -1.77. The molecule has 1 atom stereocenters. The second kappa shape index (κ2) is 8.08. The molecule has 1 amide bonds. The number of carbonyl (C=O) groups excluding carboxylic acids is 1. The zero-order valence-electron chi connectivity index (χ0n) is 15.9. The molecule has 1 fully saturated rings. The second-order valence-corrected chi connectivity index (χ2v) is 9.85. The third-order valence-electron chi connectivity index (χ3n) is 4.77. The molecule has 2 heterocycles. The van der Waals surface area contributed by atoms with E-state index in [1.165, 1.54) is 18.3 Å². The lowest BCUT2D eigenvalue weighted by molar-refractivity contribution is -0.119. The van der Waals surface area contributed by atoms with E-state index in [1.54, 1.807) is 10.4 Å². The van der Waals surface area contributed by atoms with Crippen LogP contribution in [0, 0.1) is 13.8 Å². The van der Waals surface area contributed by atoms with Crippen LogP contribution in [0.2, 0.25) is 0 Å². The standard InChI is InChI=1S/C19H25N3O3S2/c1-13-6-7-18(14(2)9-13)27(24,25)22-8-4-5-16(11-22)19-21-17(12-26-19)10-20-15(3)23/h6-7,9,12,16H,4-5,8,10-11H2,1-3H3,(H,20,23)/t16-/m0/s1. The lowest BCUT2D eigenvalue weighted by Crippen LogP contribution is -2.39. The molecule has 1 aliphatic heterocycles. The molecule has 0 spiro atoms. The predicted octanol–water partition coefficient (Wildman–Crippen LogP) is 2.96. The first-order chi connectivity index (χ1) is 12.8. The van der Waals surface area contributed by atoms with Crippen LogP contribution in [0.1, 0.15) is 47.5 Å². The van der Waals surface area contributed by atoms with Gasteiger partial charge in [0, 0.05) is 31.3 Å². The third kappa shape index (κ3) is 4.56. The monoisotopic (exact) mass is 407 g/mol. The summed E-state index contributed by atoms with van der Waals surface area (Å²) in [5.41, 5.74) is 2.65. The lowest BCUT2D eigenvalue weighted by atomic mass is 10.0. The predicted molar refractivity (Wildman–Crippen MR) is 106 cm³/mol. The molecule has 0 aliphatic carbocycles. The highest BCUT2D eigenvalue weighted by Crippen LogP contribution is 2.32. The summed E-state index contributed by atoms with van der Waals surface area (Å²) >= 11 is 1.54. The van der Waals surface area contributed by atoms with Crippen molar-refractivity contribution in [2.45, 2.75) is 51.0 Å². The zero-order valence-corrected chi connectivity index (χ0v) is 17.5. The van der Waals surface area contributed by atoms with Crippen molar-refractivity contribution in [3.63, 3.8) is 0 Å². The minimum absolute atomic E-state index is 0.0899. The molecule has 1 aromatic carbocycles. The number of piperidine rings is 1. The summed E-state index contributed by atoms with van der Waals surface area (Å²) in [4.78, 5) is 16.0. The third-order valence-corrected chi connectivity index (χ3v) is 7.85. The number of thiazole rings is 1. The Kier molecular flexibility index (Phi) is 5.98. The summed E-state index contributed by atoms with van der Waals surface area (Å²) < 4.78 is 27.9. The summed E-state index contributed by atoms with van der Waals surface area (Å²) in [6, 6.07) is 5.46. The van der Waals surface area contributed by atoms with Crippen LogP contribution in [-0.4, -0.2) is 36.7 Å². The molecule has 1 N–H and O–H groups in total. The Morgan fingerprint density at radius 3 is 2.85 bits per heavy atom. The fourth-order valence-electron chi connectivity index (χ4n) is 3.40. The number of benzene rings is 1. The molecule has 0 bridgehead atoms. The van der Waals surface area contributed by atoms with Gasteiger partial charge in [-0.1, -0.05) is 17.7 Å². The number of carbonyl (C=O) groups is 1. The van der Waals surface area contributed by atoms with Crippen molar-refractivity contribution in [3.05, 3.63) is 45.4 Å². The maximum Gasteiger partial charge on any atom is 0.243 e. The summed E-state index contributed by atoms with van der Waals surface area (Å²) in [6.45, 7) is 6.67. The fraction of sp³-hybridized carbons (Fsp3) is 0.474. The van der Waals surface area contributed by atoms with Crippen molar-refractivity contribution in [1.29, 1.82) is 0 Å². The van der Waals surface area contributed by atoms with Crippen molar-refractivity contribution >= 4 is 27.3 Å². The molecule has 0 radical (unpaired) electrons. The van der Waals surface area contributed by atoms with Crippen molar-refractivity contribution in [2.24, 2.45) is 0 Å². The van der Waals surface area contributed by atoms with Crippen LogP contribution in [0.15, 0.2) is 28.5 Å². The van der Waals surface area contributed by atoms with Gasteiger partial charge < -0.3 is 5.32 Å². The largest absolute Gasteiger partial charge is 0.351 e. The molecular formula is C19H25N3O3S2. The SMILES string of the molecule is CC(=O)NCc1csc([C@H]2CCCN(S(=O)(=O)c3ccc(C)cc3C)C2)n1. The van der Waals surface area contributed by atoms with Crippen LogP contribution in [-0.2, 0) is 21.4 Å². The van der Waals surface area contributed by atoms with E-state index in [-0.39, 0.29) is 11.8 Å². The molecule has 1 saturated heterocycles. The van der Waals surface area contributed by atoms with Crippen LogP contribution in [0.25, 0.3) is 0 Å². The highest BCUT2D eigenvalue weighted by Gasteiger charge is 2.32. The quantitative estimate of drug-likeness (QED) is 0.826. The Balaban J connectivity index is 1.76. The second-order valence-electron chi connectivity index (χ2n) is 7.06. The Bertz CT molecular complexity index is 937. The van der Waals surface area contributed by atoms with Gasteiger partial charge in [0.05, 0.1) is 22.1 Å². The molecule has 0 saturated carbocycles. The average Bonchev–Trinajstić information content (AvgIpc) is 3.09. The highest BCUT2D eigenvalue weighted by atomic mass is 32.2. The van der Waals surface area contributed by atoms with E-state index in [1.807, 2.05) is 31.4 Å². The van der Waals surface area contributed by atoms with Gasteiger partial charge in [-0.05, 0) is 38.3 Å². The topological polar surface area (TPSA) is 79.4 Å². The van der Waals surface area contributed by atoms with Crippen molar-refractivity contribution < 1.29 is 13.2 Å². The number of rotatable bonds is 5. The van der Waals surface area contributed by atoms with E-state index in [0.29, 0.717) is 24.5 Å². The van der Waals surface area contributed by atoms with Crippen LogP contribution >= 0.6 is 11.3 Å². The van der Waals surface area contributed by atoms with Gasteiger partial charge >= 0.3 is 0 Å². The van der Waals surface area contributed by atoms with Gasteiger partial charge in [-0.3, -0.25) is 4.79 Å². The highest BCUT2D eigenvalue weighted by molar-refractivity contribution is 7.89. The Labute approximate surface area is 164 Å². The number of hydrogen-bond acceptors (Lipinski definition) is 5. The molecule has 8 heteroatoms. The number of amides is 1. The summed E-state index contributed by atoms with van der Waals surface area (Å²) in [5, 5.41) is 5.62. The maximum absolute atomic E-state index is 13.1. The van der Waals surface area contributed by atoms with E-state index < -0.39 is 10.0 Å². The summed E-state index contributed by atoms with van der Waals surface area (Å²) in [6.07, 6.45) is 1.74. The van der Waals surface area contributed by atoms with E-state index in [4.69, 9.17) is 0 Å². The summed E-state index contributed by atoms with van der Waals surface area (Å²) in [5.74, 6) is 0.00306. The Morgan fingerprint density at radius 2 is 2.15 bits per heavy atom. The molecule has 1 aliphatic rings. The number of aromatic nitrogens is 1. The molecule has 6 nitrogen and oxygen atoms in total. The van der Waals surface area contributed by atoms with E-state index in [9.17, 15) is 13.2 Å². The minimum atomic E-state index is -3.51. The first-order valence-corrected chi connectivity index (χ1v) is 11.4. The molecule has 146 valence electrons. The Morgan fingerprint density at radius 1 is 1.37 bits per heavy atom. The first kappa shape index (κ1) is 20.0. The van der Waals surface area contributed by atoms with Gasteiger partial charge in [0.1, 0.15) is 0 Å². The first-order valence-electron chi connectivity index (χ1n) is 9.03. The van der Waals surface area contributed by atoms with Crippen molar-refractivity contribution in [3.8, 4) is 0 Å². The van der Waals surface area contributed by atoms with Gasteiger partial charge in [0.25, 0.3) is 0 Å². The smallest absolute Gasteiger partial charge is 0.243 e. The van der Waals surface area contributed by atoms with Crippen molar-refractivity contribution in [2.75, 3.05) is 13.1 Å². The van der Waals surface area contributed by atoms with Gasteiger partial charge in [0.2, 0.25) is 15.9 Å². The zero-order chi connectivity index (χ0) is 19.6. The maximum atomic E-state index is 13.1. The van der Waals surface area contributed by atoms with Gasteiger partial charge in [-0.25, -0.2) is 13.4 Å². The number of hydrogen-bond donors (Lipinski definition) is 1. The summed E-state index contributed by atoms with van der Waals surface area (Å²) in [7, 11) is -3.51. The van der Waals surface area contributed by atoms with E-state index in [0.717, 1.165) is 34.7 Å². The van der Waals surface area contributed by atoms with Gasteiger partial charge in [0.15, 0.2) is 0 Å². The van der Waals surface area contributed by atoms with Gasteiger partial charge in [-0.15, -0.1) is 11.3 Å². The molecular weight excluding hydrogens is 382 g/mol. The van der Waals surface area contributed by atoms with E-state index >= 15 is 0 Å². The fourth-order valence-corrected chi connectivity index (χ4v) is 6.07. The normalized spacial score (nSPS) is 18.4. The average molecular weight is 408 g/mol. The van der Waals surface area contributed by atoms with E-state index in [2.05, 4.69) is 10.3 Å². The molecule has 3 rings (SSSR count). The number of aryl methyl sites for hydroxylation is 2. The van der Waals surface area contributed by atoms with Crippen molar-refractivity contribution in [1.82, 2.24) is 14.6 Å². The van der Waals surface area contributed by atoms with Crippen LogP contribution in [0.4, 0.5) is 0 Å². The van der Waals surface area contributed by atoms with Crippen LogP contribution in [0.5, 0.6) is 0 Å². The number of nitrogens with zero attached hydrogens (tertiary/aromatic N) is 2. The molecule has 27 heavy (non-hydrogen) atoms. The minimum Gasteiger partial charge on any atom is -0.351 e. The lowest BCUT2D eigenvalue weighted by Gasteiger charge is -2.31. The van der Waals surface area contributed by atoms with Crippen LogP contribution < -0.4 is 5.32 Å². The van der Waals surface area contributed by atoms with Crippen LogP contribution in [0.3, 0.4) is 0 Å². The molecule has 0 unspecified atom stereocenters. The molecule has 1 aromatic heterocycles. The number of nitrogens with one attached hydrogen (secondary N) is 1.